The van der Waals surface area contributed by atoms with Gasteiger partial charge in [-0.05, 0) is 69.4 Å². The third kappa shape index (κ3) is 5.03. The summed E-state index contributed by atoms with van der Waals surface area (Å²) < 4.78 is 12.6. The molecule has 2 rings (SSSR count). The lowest BCUT2D eigenvalue weighted by atomic mass is 10.1. The van der Waals surface area contributed by atoms with E-state index in [1.807, 2.05) is 45.2 Å². The molecule has 1 aromatic carbocycles. The minimum Gasteiger partial charge on any atom is -0.497 e. The van der Waals surface area contributed by atoms with E-state index >= 15 is 0 Å². The molecule has 0 saturated carbocycles. The first-order valence-corrected chi connectivity index (χ1v) is 8.94. The molecule has 0 amide bonds. The van der Waals surface area contributed by atoms with Crippen molar-refractivity contribution < 1.29 is 19.1 Å². The molecule has 8 heteroatoms. The Bertz CT molecular complexity index is 788. The monoisotopic (exact) mass is 553 g/mol. The lowest BCUT2D eigenvalue weighted by Crippen LogP contribution is -2.21. The van der Waals surface area contributed by atoms with Crippen molar-refractivity contribution in [2.24, 2.45) is 0 Å². The Morgan fingerprint density at radius 2 is 1.67 bits per heavy atom. The largest absolute Gasteiger partial charge is 0.497 e. The van der Waals surface area contributed by atoms with Crippen LogP contribution in [0.2, 0.25) is 0 Å². The highest BCUT2D eigenvalue weighted by atomic mass is 127. The topological polar surface area (TPSA) is 74.6 Å². The molecule has 1 aromatic heterocycles. The summed E-state index contributed by atoms with van der Waals surface area (Å²) in [6.45, 7) is -0.401. The van der Waals surface area contributed by atoms with Crippen LogP contribution in [0.4, 0.5) is 0 Å². The van der Waals surface area contributed by atoms with E-state index in [0.717, 1.165) is 0 Å². The number of esters is 1. The molecule has 0 N–H and O–H groups in total. The van der Waals surface area contributed by atoms with Crippen molar-refractivity contribution >= 4 is 56.9 Å². The summed E-state index contributed by atoms with van der Waals surface area (Å²) in [5.74, 6) is -0.201. The molecule has 0 radical (unpaired) electrons. The van der Waals surface area contributed by atoms with Gasteiger partial charge in [0, 0.05) is 18.0 Å². The number of halogens is 2. The van der Waals surface area contributed by atoms with E-state index in [-0.39, 0.29) is 24.4 Å². The summed E-state index contributed by atoms with van der Waals surface area (Å²) >= 11 is 3.83. The minimum atomic E-state index is -0.549. The zero-order chi connectivity index (χ0) is 17.7. The fourth-order valence-electron chi connectivity index (χ4n) is 1.85. The van der Waals surface area contributed by atoms with Gasteiger partial charge in [0.05, 0.1) is 14.3 Å². The number of benzene rings is 1. The molecule has 0 aliphatic heterocycles. The van der Waals surface area contributed by atoms with Crippen molar-refractivity contribution in [3.05, 3.63) is 59.6 Å². The first kappa shape index (κ1) is 18.9. The number of aromatic nitrogens is 1. The molecule has 2 aromatic rings. The van der Waals surface area contributed by atoms with Crippen molar-refractivity contribution in [2.45, 2.75) is 6.54 Å². The van der Waals surface area contributed by atoms with Crippen molar-refractivity contribution in [2.75, 3.05) is 13.7 Å². The van der Waals surface area contributed by atoms with Crippen LogP contribution in [-0.4, -0.2) is 30.0 Å². The van der Waals surface area contributed by atoms with Gasteiger partial charge in [0.15, 0.2) is 12.4 Å². The molecule has 0 spiro atoms. The van der Waals surface area contributed by atoms with Gasteiger partial charge in [-0.1, -0.05) is 0 Å². The van der Waals surface area contributed by atoms with Crippen LogP contribution in [-0.2, 0) is 16.1 Å². The van der Waals surface area contributed by atoms with Crippen LogP contribution in [0.15, 0.2) is 41.5 Å². The molecule has 1 heterocycles. The highest BCUT2D eigenvalue weighted by Crippen LogP contribution is 2.12. The number of rotatable bonds is 6. The van der Waals surface area contributed by atoms with Crippen LogP contribution < -0.4 is 10.2 Å². The van der Waals surface area contributed by atoms with Crippen LogP contribution in [0.1, 0.15) is 10.4 Å². The van der Waals surface area contributed by atoms with Crippen molar-refractivity contribution in [1.82, 2.24) is 4.57 Å². The van der Waals surface area contributed by atoms with Crippen LogP contribution in [0, 0.1) is 7.14 Å². The number of ketones is 1. The number of Topliss-reactive ketones (excluding diaryl/α,β-unsaturated/α-hetero) is 1. The van der Waals surface area contributed by atoms with E-state index in [0.29, 0.717) is 18.5 Å². The third-order valence-corrected chi connectivity index (χ3v) is 4.62. The second kappa shape index (κ2) is 8.60. The van der Waals surface area contributed by atoms with E-state index in [1.54, 1.807) is 41.2 Å². The molecule has 0 aliphatic carbocycles. The average Bonchev–Trinajstić information content (AvgIpc) is 2.57. The number of carbonyl (C=O) groups excluding carboxylic acids is 2. The molecule has 0 unspecified atom stereocenters. The molecule has 24 heavy (non-hydrogen) atoms. The van der Waals surface area contributed by atoms with Crippen LogP contribution >= 0.6 is 45.2 Å². The SMILES string of the molecule is COc1ccc(C(=O)COC(=O)Cn2cc(I)c(=O)c(I)c2)cc1. The molecule has 0 fully saturated rings. The first-order valence-electron chi connectivity index (χ1n) is 6.78. The summed E-state index contributed by atoms with van der Waals surface area (Å²) in [6, 6.07) is 6.56. The lowest BCUT2D eigenvalue weighted by molar-refractivity contribution is -0.143. The quantitative estimate of drug-likeness (QED) is 0.313. The molecule has 0 saturated heterocycles. The molecular weight excluding hydrogens is 540 g/mol. The van der Waals surface area contributed by atoms with Crippen molar-refractivity contribution in [3.8, 4) is 5.75 Å². The minimum absolute atomic E-state index is 0.0673. The maximum atomic E-state index is 12.0. The second-order valence-corrected chi connectivity index (χ2v) is 7.09. The zero-order valence-electron chi connectivity index (χ0n) is 12.6. The number of ether oxygens (including phenoxy) is 2. The molecule has 126 valence electrons. The Morgan fingerprint density at radius 3 is 2.21 bits per heavy atom. The molecule has 0 atom stereocenters. The van der Waals surface area contributed by atoms with Gasteiger partial charge in [-0.15, -0.1) is 0 Å². The fourth-order valence-corrected chi connectivity index (χ4v) is 3.66. The Hall–Kier alpha value is -1.43. The van der Waals surface area contributed by atoms with Crippen molar-refractivity contribution in [3.63, 3.8) is 0 Å². The molecule has 6 nitrogen and oxygen atoms in total. The Kier molecular flexibility index (Phi) is 6.78. The lowest BCUT2D eigenvalue weighted by Gasteiger charge is -2.08. The van der Waals surface area contributed by atoms with Gasteiger partial charge in [-0.2, -0.15) is 0 Å². The Morgan fingerprint density at radius 1 is 1.08 bits per heavy atom. The van der Waals surface area contributed by atoms with Gasteiger partial charge in [-0.25, -0.2) is 0 Å². The molecule has 0 aliphatic rings. The van der Waals surface area contributed by atoms with E-state index in [9.17, 15) is 14.4 Å². The van der Waals surface area contributed by atoms with Crippen molar-refractivity contribution in [1.29, 1.82) is 0 Å². The number of hydrogen-bond acceptors (Lipinski definition) is 5. The van der Waals surface area contributed by atoms with Gasteiger partial charge in [0.2, 0.25) is 5.43 Å². The Balaban J connectivity index is 1.93. The summed E-state index contributed by atoms with van der Waals surface area (Å²) in [6.07, 6.45) is 3.13. The van der Waals surface area contributed by atoms with Gasteiger partial charge in [0.25, 0.3) is 0 Å². The maximum Gasteiger partial charge on any atom is 0.326 e. The summed E-state index contributed by atoms with van der Waals surface area (Å²) in [5.41, 5.74) is 0.367. The number of methoxy groups -OCH3 is 1. The van der Waals surface area contributed by atoms with Crippen LogP contribution in [0.3, 0.4) is 0 Å². The van der Waals surface area contributed by atoms with E-state index < -0.39 is 5.97 Å². The fraction of sp³-hybridized carbons (Fsp3) is 0.188. The van der Waals surface area contributed by atoms with Crippen LogP contribution in [0.25, 0.3) is 0 Å². The summed E-state index contributed by atoms with van der Waals surface area (Å²) in [5, 5.41) is 0. The van der Waals surface area contributed by atoms with Crippen LogP contribution in [0.5, 0.6) is 5.75 Å². The highest BCUT2D eigenvalue weighted by molar-refractivity contribution is 14.1. The van der Waals surface area contributed by atoms with Gasteiger partial charge < -0.3 is 14.0 Å². The van der Waals surface area contributed by atoms with Gasteiger partial charge in [-0.3, -0.25) is 14.4 Å². The van der Waals surface area contributed by atoms with E-state index in [1.165, 1.54) is 7.11 Å². The predicted octanol–water partition coefficient (Wildman–Crippen LogP) is 2.49. The summed E-state index contributed by atoms with van der Waals surface area (Å²) in [4.78, 5) is 35.5. The third-order valence-electron chi connectivity index (χ3n) is 3.08. The number of carbonyl (C=O) groups is 2. The van der Waals surface area contributed by atoms with E-state index in [4.69, 9.17) is 9.47 Å². The summed E-state index contributed by atoms with van der Waals surface area (Å²) in [7, 11) is 1.54. The number of hydrogen-bond donors (Lipinski definition) is 0. The number of nitrogens with zero attached hydrogens (tertiary/aromatic N) is 1. The molecule has 0 bridgehead atoms. The van der Waals surface area contributed by atoms with Gasteiger partial charge >= 0.3 is 5.97 Å². The van der Waals surface area contributed by atoms with Gasteiger partial charge in [0.1, 0.15) is 12.3 Å². The zero-order valence-corrected chi connectivity index (χ0v) is 16.9. The average molecular weight is 553 g/mol. The van der Waals surface area contributed by atoms with E-state index in [2.05, 4.69) is 0 Å². The number of pyridine rings is 1. The Labute approximate surface area is 165 Å². The molecular formula is C16H13I2NO5. The smallest absolute Gasteiger partial charge is 0.326 e. The standard InChI is InChI=1S/C16H13I2NO5/c1-23-11-4-2-10(3-5-11)14(20)9-24-15(21)8-19-6-12(17)16(22)13(18)7-19/h2-7H,8-9H2,1H3. The normalized spacial score (nSPS) is 10.3. The highest BCUT2D eigenvalue weighted by Gasteiger charge is 2.11. The first-order chi connectivity index (χ1) is 11.4. The maximum absolute atomic E-state index is 12.0. The second-order valence-electron chi connectivity index (χ2n) is 4.77. The predicted molar refractivity (Wildman–Crippen MR) is 104 cm³/mol.